The van der Waals surface area contributed by atoms with Crippen molar-refractivity contribution < 1.29 is 18.7 Å². The average molecular weight is 404 g/mol. The molecule has 3 aromatic rings. The number of carbonyl (C=O) groups excluding carboxylic acids is 2. The summed E-state index contributed by atoms with van der Waals surface area (Å²) in [6.07, 6.45) is 1.84. The summed E-state index contributed by atoms with van der Waals surface area (Å²) < 4.78 is 18.7. The van der Waals surface area contributed by atoms with E-state index in [0.717, 1.165) is 18.4 Å². The van der Waals surface area contributed by atoms with E-state index in [1.54, 1.807) is 60.7 Å². The van der Waals surface area contributed by atoms with Gasteiger partial charge in [0.2, 0.25) is 5.91 Å². The van der Waals surface area contributed by atoms with Gasteiger partial charge in [-0.25, -0.2) is 4.39 Å². The number of ether oxygens (including phenoxy) is 1. The van der Waals surface area contributed by atoms with Crippen LogP contribution in [0.2, 0.25) is 0 Å². The highest BCUT2D eigenvalue weighted by atomic mass is 19.1. The van der Waals surface area contributed by atoms with Crippen LogP contribution >= 0.6 is 0 Å². The third kappa shape index (κ3) is 5.23. The molecule has 0 atom stereocenters. The maximum absolute atomic E-state index is 13.0. The fourth-order valence-corrected chi connectivity index (χ4v) is 2.94. The van der Waals surface area contributed by atoms with Gasteiger partial charge in [0.25, 0.3) is 5.91 Å². The highest BCUT2D eigenvalue weighted by Gasteiger charge is 2.29. The monoisotopic (exact) mass is 404 g/mol. The van der Waals surface area contributed by atoms with Crippen LogP contribution in [0.5, 0.6) is 5.75 Å². The Balaban J connectivity index is 1.37. The van der Waals surface area contributed by atoms with Gasteiger partial charge >= 0.3 is 0 Å². The zero-order chi connectivity index (χ0) is 20.9. The molecule has 6 heteroatoms. The van der Waals surface area contributed by atoms with E-state index in [1.807, 2.05) is 0 Å². The summed E-state index contributed by atoms with van der Waals surface area (Å²) in [6, 6.07) is 20.0. The molecule has 2 N–H and O–H groups in total. The standard InChI is InChI=1S/C24H21FN2O3/c25-19-11-7-16(8-12-19)15-30-22-6-2-5-21(14-22)27-24(29)18-3-1-4-20(13-18)26-23(28)17-9-10-17/h1-8,11-14,17H,9-10,15H2,(H,26,28)(H,27,29). The van der Waals surface area contributed by atoms with Crippen molar-refractivity contribution in [2.24, 2.45) is 5.92 Å². The molecule has 1 saturated carbocycles. The lowest BCUT2D eigenvalue weighted by Crippen LogP contribution is -2.15. The highest BCUT2D eigenvalue weighted by Crippen LogP contribution is 2.30. The van der Waals surface area contributed by atoms with Crippen LogP contribution in [0.1, 0.15) is 28.8 Å². The highest BCUT2D eigenvalue weighted by molar-refractivity contribution is 6.05. The predicted molar refractivity (Wildman–Crippen MR) is 113 cm³/mol. The van der Waals surface area contributed by atoms with Gasteiger partial charge in [-0.3, -0.25) is 9.59 Å². The minimum Gasteiger partial charge on any atom is -0.489 e. The molecular weight excluding hydrogens is 383 g/mol. The minimum atomic E-state index is -0.292. The summed E-state index contributed by atoms with van der Waals surface area (Å²) in [5.41, 5.74) is 2.48. The van der Waals surface area contributed by atoms with Crippen LogP contribution in [0, 0.1) is 11.7 Å². The van der Waals surface area contributed by atoms with Crippen molar-refractivity contribution in [3.05, 3.63) is 89.7 Å². The van der Waals surface area contributed by atoms with Crippen molar-refractivity contribution in [2.45, 2.75) is 19.4 Å². The van der Waals surface area contributed by atoms with Gasteiger partial charge in [0.1, 0.15) is 18.2 Å². The molecule has 5 nitrogen and oxygen atoms in total. The molecule has 152 valence electrons. The van der Waals surface area contributed by atoms with E-state index in [2.05, 4.69) is 10.6 Å². The molecule has 4 rings (SSSR count). The maximum Gasteiger partial charge on any atom is 0.255 e. The van der Waals surface area contributed by atoms with Crippen molar-refractivity contribution >= 4 is 23.2 Å². The number of anilines is 2. The average Bonchev–Trinajstić information content (AvgIpc) is 3.59. The van der Waals surface area contributed by atoms with Gasteiger partial charge < -0.3 is 15.4 Å². The fourth-order valence-electron chi connectivity index (χ4n) is 2.94. The first-order valence-corrected chi connectivity index (χ1v) is 9.76. The van der Waals surface area contributed by atoms with E-state index in [0.29, 0.717) is 29.3 Å². The number of nitrogens with one attached hydrogen (secondary N) is 2. The number of carbonyl (C=O) groups is 2. The lowest BCUT2D eigenvalue weighted by Gasteiger charge is -2.10. The summed E-state index contributed by atoms with van der Waals surface area (Å²) in [7, 11) is 0. The number of halogens is 1. The van der Waals surface area contributed by atoms with Crippen molar-refractivity contribution in [3.8, 4) is 5.75 Å². The van der Waals surface area contributed by atoms with Crippen LogP contribution in [-0.4, -0.2) is 11.8 Å². The summed E-state index contributed by atoms with van der Waals surface area (Å²) in [5, 5.41) is 5.68. The summed E-state index contributed by atoms with van der Waals surface area (Å²) in [4.78, 5) is 24.5. The van der Waals surface area contributed by atoms with Crippen LogP contribution in [0.4, 0.5) is 15.8 Å². The predicted octanol–water partition coefficient (Wildman–Crippen LogP) is 5.01. The van der Waals surface area contributed by atoms with E-state index in [9.17, 15) is 14.0 Å². The molecule has 0 saturated heterocycles. The Morgan fingerprint density at radius 2 is 1.60 bits per heavy atom. The van der Waals surface area contributed by atoms with Crippen LogP contribution in [0.25, 0.3) is 0 Å². The Hall–Kier alpha value is -3.67. The van der Waals surface area contributed by atoms with Crippen LogP contribution in [0.3, 0.4) is 0 Å². The molecule has 1 aliphatic carbocycles. The van der Waals surface area contributed by atoms with E-state index >= 15 is 0 Å². The summed E-state index contributed by atoms with van der Waals surface area (Å²) in [6.45, 7) is 0.292. The molecule has 30 heavy (non-hydrogen) atoms. The molecule has 0 aromatic heterocycles. The van der Waals surface area contributed by atoms with Gasteiger partial charge in [-0.2, -0.15) is 0 Å². The maximum atomic E-state index is 13.0. The first-order chi connectivity index (χ1) is 14.6. The number of benzene rings is 3. The summed E-state index contributed by atoms with van der Waals surface area (Å²) in [5.74, 6) is 0.106. The van der Waals surface area contributed by atoms with Crippen molar-refractivity contribution in [1.82, 2.24) is 0 Å². The lowest BCUT2D eigenvalue weighted by molar-refractivity contribution is -0.117. The van der Waals surface area contributed by atoms with Crippen LogP contribution < -0.4 is 15.4 Å². The molecule has 2 amide bonds. The Morgan fingerprint density at radius 1 is 0.900 bits per heavy atom. The number of hydrogen-bond acceptors (Lipinski definition) is 3. The molecule has 0 unspecified atom stereocenters. The van der Waals surface area contributed by atoms with Crippen molar-refractivity contribution in [1.29, 1.82) is 0 Å². The Kier molecular flexibility index (Phi) is 5.75. The number of amides is 2. The number of rotatable bonds is 7. The topological polar surface area (TPSA) is 67.4 Å². The van der Waals surface area contributed by atoms with Crippen LogP contribution in [0.15, 0.2) is 72.8 Å². The van der Waals surface area contributed by atoms with E-state index < -0.39 is 0 Å². The molecule has 0 aliphatic heterocycles. The smallest absolute Gasteiger partial charge is 0.255 e. The molecular formula is C24H21FN2O3. The minimum absolute atomic E-state index is 0.00133. The lowest BCUT2D eigenvalue weighted by atomic mass is 10.1. The zero-order valence-electron chi connectivity index (χ0n) is 16.2. The fraction of sp³-hybridized carbons (Fsp3) is 0.167. The second kappa shape index (κ2) is 8.78. The van der Waals surface area contributed by atoms with Gasteiger partial charge in [0, 0.05) is 28.9 Å². The molecule has 1 fully saturated rings. The van der Waals surface area contributed by atoms with Gasteiger partial charge in [-0.05, 0) is 60.9 Å². The van der Waals surface area contributed by atoms with Gasteiger partial charge in [0.15, 0.2) is 0 Å². The zero-order valence-corrected chi connectivity index (χ0v) is 16.2. The first kappa shape index (κ1) is 19.6. The molecule has 3 aromatic carbocycles. The number of hydrogen-bond donors (Lipinski definition) is 2. The van der Waals surface area contributed by atoms with Crippen molar-refractivity contribution in [3.63, 3.8) is 0 Å². The van der Waals surface area contributed by atoms with Gasteiger partial charge in [-0.1, -0.05) is 24.3 Å². The third-order valence-electron chi connectivity index (χ3n) is 4.75. The van der Waals surface area contributed by atoms with Gasteiger partial charge in [-0.15, -0.1) is 0 Å². The molecule has 1 aliphatic rings. The third-order valence-corrected chi connectivity index (χ3v) is 4.75. The van der Waals surface area contributed by atoms with E-state index in [-0.39, 0.29) is 23.5 Å². The molecule has 0 radical (unpaired) electrons. The van der Waals surface area contributed by atoms with E-state index in [1.165, 1.54) is 12.1 Å². The molecule has 0 heterocycles. The Labute approximate surface area is 173 Å². The Morgan fingerprint density at radius 3 is 2.33 bits per heavy atom. The SMILES string of the molecule is O=C(Nc1cccc(OCc2ccc(F)cc2)c1)c1cccc(NC(=O)C2CC2)c1. The Bertz CT molecular complexity index is 1060. The second-order valence-electron chi connectivity index (χ2n) is 7.24. The summed E-state index contributed by atoms with van der Waals surface area (Å²) >= 11 is 0. The van der Waals surface area contributed by atoms with Crippen molar-refractivity contribution in [2.75, 3.05) is 10.6 Å². The largest absolute Gasteiger partial charge is 0.489 e. The molecule has 0 spiro atoms. The first-order valence-electron chi connectivity index (χ1n) is 9.76. The quantitative estimate of drug-likeness (QED) is 0.582. The molecule has 0 bridgehead atoms. The van der Waals surface area contributed by atoms with Gasteiger partial charge in [0.05, 0.1) is 0 Å². The second-order valence-corrected chi connectivity index (χ2v) is 7.24. The van der Waals surface area contributed by atoms with E-state index in [4.69, 9.17) is 4.74 Å². The normalized spacial score (nSPS) is 12.8. The van der Waals surface area contributed by atoms with Crippen LogP contribution in [-0.2, 0) is 11.4 Å².